The number of halogens is 1. The molecule has 34 heavy (non-hydrogen) atoms. The van der Waals surface area contributed by atoms with Crippen LogP contribution in [-0.2, 0) is 22.5 Å². The summed E-state index contributed by atoms with van der Waals surface area (Å²) in [5.74, 6) is -0.154. The lowest BCUT2D eigenvalue weighted by Crippen LogP contribution is -2.42. The first-order chi connectivity index (χ1) is 16.4. The van der Waals surface area contributed by atoms with Crippen LogP contribution in [0.25, 0.3) is 11.0 Å². The van der Waals surface area contributed by atoms with Gasteiger partial charge in [0.1, 0.15) is 5.82 Å². The topological polar surface area (TPSA) is 102 Å². The summed E-state index contributed by atoms with van der Waals surface area (Å²) >= 11 is 6.09. The Kier molecular flexibility index (Phi) is 5.97. The van der Waals surface area contributed by atoms with Crippen molar-refractivity contribution in [2.45, 2.75) is 64.1 Å². The van der Waals surface area contributed by atoms with Gasteiger partial charge in [0.15, 0.2) is 0 Å². The van der Waals surface area contributed by atoms with Gasteiger partial charge in [-0.25, -0.2) is 9.78 Å². The fraction of sp³-hybridized carbons (Fsp3) is 0.500. The van der Waals surface area contributed by atoms with Crippen molar-refractivity contribution >= 4 is 40.4 Å². The molecule has 1 aliphatic carbocycles. The Balaban J connectivity index is 1.61. The number of imidazole rings is 1. The summed E-state index contributed by atoms with van der Waals surface area (Å²) in [6, 6.07) is 4.20. The number of carboxylic acids is 1. The number of benzene rings is 1. The summed E-state index contributed by atoms with van der Waals surface area (Å²) in [6.07, 6.45) is 7.48. The van der Waals surface area contributed by atoms with E-state index in [0.717, 1.165) is 53.8 Å². The molecule has 1 N–H and O–H groups in total. The Labute approximate surface area is 202 Å². The molecule has 0 bridgehead atoms. The molecule has 0 unspecified atom stereocenters. The Hall–Kier alpha value is -3.07. The largest absolute Gasteiger partial charge is 0.481 e. The number of carboxylic acid groups (broad SMARTS) is 1. The minimum atomic E-state index is -0.716. The molecule has 1 saturated carbocycles. The van der Waals surface area contributed by atoms with Gasteiger partial charge in [-0.05, 0) is 57.6 Å². The zero-order chi connectivity index (χ0) is 24.0. The minimum absolute atomic E-state index is 0.0384. The van der Waals surface area contributed by atoms with Gasteiger partial charge in [-0.2, -0.15) is 5.10 Å². The number of anilines is 1. The van der Waals surface area contributed by atoms with Crippen LogP contribution in [0.1, 0.15) is 56.5 Å². The van der Waals surface area contributed by atoms with E-state index in [0.29, 0.717) is 24.4 Å². The van der Waals surface area contributed by atoms with E-state index in [1.165, 1.54) is 7.11 Å². The molecule has 1 atom stereocenters. The fourth-order valence-electron chi connectivity index (χ4n) is 5.49. The maximum atomic E-state index is 12.5. The Morgan fingerprint density at radius 2 is 1.97 bits per heavy atom. The lowest BCUT2D eigenvalue weighted by Gasteiger charge is -2.34. The molecule has 0 spiro atoms. The number of fused-ring (bicyclic) bond motifs is 3. The van der Waals surface area contributed by atoms with Crippen molar-refractivity contribution in [3.8, 4) is 0 Å². The number of hydrogen-bond donors (Lipinski definition) is 1. The van der Waals surface area contributed by atoms with Gasteiger partial charge in [-0.1, -0.05) is 11.6 Å². The van der Waals surface area contributed by atoms with Crippen molar-refractivity contribution in [1.82, 2.24) is 19.3 Å². The number of carbonyl (C=O) groups excluding carboxylic acids is 1. The molecule has 1 aromatic carbocycles. The number of hydrogen-bond acceptors (Lipinski definition) is 5. The van der Waals surface area contributed by atoms with Crippen LogP contribution in [0.5, 0.6) is 0 Å². The average molecular weight is 486 g/mol. The molecular formula is C24H28ClN5O4. The summed E-state index contributed by atoms with van der Waals surface area (Å²) in [6.45, 7) is 2.47. The second-order valence-electron chi connectivity index (χ2n) is 9.26. The normalized spacial score (nSPS) is 22.6. The molecule has 5 rings (SSSR count). The summed E-state index contributed by atoms with van der Waals surface area (Å²) < 4.78 is 9.07. The monoisotopic (exact) mass is 485 g/mol. The van der Waals surface area contributed by atoms with E-state index in [-0.39, 0.29) is 24.1 Å². The standard InChI is InChI=1S/C24H28ClN5O4/c1-14-3-8-18-19(29(14)24(33)34-2)9-10-20-22(18)27-21(13-28-12-16(25)11-26-28)30(20)17-6-4-15(5-7-17)23(31)32/h9-12,14-15,17H,3-8,13H2,1-2H3,(H,31,32)/t14-,15-,17-/m0/s1. The van der Waals surface area contributed by atoms with Gasteiger partial charge in [0.2, 0.25) is 0 Å². The smallest absolute Gasteiger partial charge is 0.414 e. The van der Waals surface area contributed by atoms with Crippen LogP contribution in [0.3, 0.4) is 0 Å². The quantitative estimate of drug-likeness (QED) is 0.576. The van der Waals surface area contributed by atoms with Crippen molar-refractivity contribution in [1.29, 1.82) is 0 Å². The van der Waals surface area contributed by atoms with Gasteiger partial charge in [-0.3, -0.25) is 14.4 Å². The highest BCUT2D eigenvalue weighted by Gasteiger charge is 2.33. The highest BCUT2D eigenvalue weighted by Crippen LogP contribution is 2.40. The van der Waals surface area contributed by atoms with Crippen molar-refractivity contribution < 1.29 is 19.4 Å². The van der Waals surface area contributed by atoms with Gasteiger partial charge >= 0.3 is 12.1 Å². The summed E-state index contributed by atoms with van der Waals surface area (Å²) in [5, 5.41) is 14.3. The molecule has 10 heteroatoms. The van der Waals surface area contributed by atoms with E-state index in [9.17, 15) is 14.7 Å². The Bertz CT molecular complexity index is 1240. The van der Waals surface area contributed by atoms with Crippen LogP contribution in [0.4, 0.5) is 10.5 Å². The molecule has 9 nitrogen and oxygen atoms in total. The number of ether oxygens (including phenoxy) is 1. The van der Waals surface area contributed by atoms with Crippen LogP contribution in [0, 0.1) is 5.92 Å². The van der Waals surface area contributed by atoms with Gasteiger partial charge in [0.05, 0.1) is 47.5 Å². The predicted molar refractivity (Wildman–Crippen MR) is 127 cm³/mol. The first kappa shape index (κ1) is 22.7. The number of aromatic nitrogens is 4. The molecule has 2 aliphatic rings. The second-order valence-corrected chi connectivity index (χ2v) is 9.69. The first-order valence-corrected chi connectivity index (χ1v) is 12.1. The van der Waals surface area contributed by atoms with Crippen LogP contribution in [0.2, 0.25) is 5.02 Å². The van der Waals surface area contributed by atoms with Crippen LogP contribution >= 0.6 is 11.6 Å². The minimum Gasteiger partial charge on any atom is -0.481 e. The molecule has 180 valence electrons. The van der Waals surface area contributed by atoms with Gasteiger partial charge in [-0.15, -0.1) is 0 Å². The number of amides is 1. The number of rotatable bonds is 4. The number of carbonyl (C=O) groups is 2. The molecule has 0 saturated heterocycles. The van der Waals surface area contributed by atoms with Crippen molar-refractivity contribution in [3.63, 3.8) is 0 Å². The fourth-order valence-corrected chi connectivity index (χ4v) is 5.65. The van der Waals surface area contributed by atoms with E-state index in [1.54, 1.807) is 22.0 Å². The highest BCUT2D eigenvalue weighted by molar-refractivity contribution is 6.30. The maximum Gasteiger partial charge on any atom is 0.414 e. The average Bonchev–Trinajstić information content (AvgIpc) is 3.41. The van der Waals surface area contributed by atoms with E-state index >= 15 is 0 Å². The van der Waals surface area contributed by atoms with Crippen LogP contribution in [0.15, 0.2) is 24.5 Å². The molecule has 3 heterocycles. The second kappa shape index (κ2) is 8.94. The summed E-state index contributed by atoms with van der Waals surface area (Å²) in [4.78, 5) is 30.8. The van der Waals surface area contributed by atoms with Crippen molar-refractivity contribution in [2.75, 3.05) is 12.0 Å². The van der Waals surface area contributed by atoms with Crippen molar-refractivity contribution in [3.05, 3.63) is 40.9 Å². The molecule has 1 amide bonds. The third-order valence-corrected chi connectivity index (χ3v) is 7.41. The molecule has 1 aliphatic heterocycles. The van der Waals surface area contributed by atoms with Gasteiger partial charge in [0, 0.05) is 23.8 Å². The SMILES string of the molecule is COC(=O)N1c2ccc3c(nc(Cn4cc(Cl)cn4)n3[C@H]3CC[C@H](C(=O)O)CC3)c2CC[C@@H]1C. The lowest BCUT2D eigenvalue weighted by molar-refractivity contribution is -0.143. The Morgan fingerprint density at radius 1 is 1.21 bits per heavy atom. The number of methoxy groups -OCH3 is 1. The number of aryl methyl sites for hydroxylation is 1. The van der Waals surface area contributed by atoms with Crippen LogP contribution in [-0.4, -0.2) is 49.7 Å². The Morgan fingerprint density at radius 3 is 2.62 bits per heavy atom. The van der Waals surface area contributed by atoms with E-state index < -0.39 is 5.97 Å². The lowest BCUT2D eigenvalue weighted by atomic mass is 9.86. The highest BCUT2D eigenvalue weighted by atomic mass is 35.5. The van der Waals surface area contributed by atoms with E-state index in [4.69, 9.17) is 21.3 Å². The van der Waals surface area contributed by atoms with Crippen molar-refractivity contribution in [2.24, 2.45) is 5.92 Å². The predicted octanol–water partition coefficient (Wildman–Crippen LogP) is 4.66. The van der Waals surface area contributed by atoms with Gasteiger partial charge < -0.3 is 14.4 Å². The summed E-state index contributed by atoms with van der Waals surface area (Å²) in [5.41, 5.74) is 3.77. The third kappa shape index (κ3) is 3.91. The first-order valence-electron chi connectivity index (χ1n) is 11.7. The van der Waals surface area contributed by atoms with E-state index in [1.807, 2.05) is 19.1 Å². The zero-order valence-electron chi connectivity index (χ0n) is 19.3. The van der Waals surface area contributed by atoms with Crippen LogP contribution < -0.4 is 4.90 Å². The molecule has 1 fully saturated rings. The molecule has 0 radical (unpaired) electrons. The molecular weight excluding hydrogens is 458 g/mol. The molecule has 2 aromatic heterocycles. The number of aliphatic carboxylic acids is 1. The summed E-state index contributed by atoms with van der Waals surface area (Å²) in [7, 11) is 1.40. The van der Waals surface area contributed by atoms with E-state index in [2.05, 4.69) is 9.67 Å². The zero-order valence-corrected chi connectivity index (χ0v) is 20.0. The number of nitrogens with zero attached hydrogens (tertiary/aromatic N) is 5. The maximum absolute atomic E-state index is 12.5. The van der Waals surface area contributed by atoms with Gasteiger partial charge in [0.25, 0.3) is 0 Å². The third-order valence-electron chi connectivity index (χ3n) is 7.22. The molecule has 3 aromatic rings.